The van der Waals surface area contributed by atoms with Gasteiger partial charge in [-0.1, -0.05) is 23.2 Å². The molecule has 0 aliphatic heterocycles. The van der Waals surface area contributed by atoms with Crippen LogP contribution in [0.3, 0.4) is 0 Å². The molecule has 2 rings (SSSR count). The Morgan fingerprint density at radius 2 is 2.00 bits per heavy atom. The molecule has 0 amide bonds. The van der Waals surface area contributed by atoms with Crippen molar-refractivity contribution in [3.8, 4) is 0 Å². The summed E-state index contributed by atoms with van der Waals surface area (Å²) < 4.78 is 32.2. The number of hydrogen-bond donors (Lipinski definition) is 2. The molecule has 0 radical (unpaired) electrons. The lowest BCUT2D eigenvalue weighted by Crippen LogP contribution is -2.23. The summed E-state index contributed by atoms with van der Waals surface area (Å²) in [4.78, 5) is -0.177. The third kappa shape index (κ3) is 3.78. The molecule has 0 atom stereocenters. The highest BCUT2D eigenvalue weighted by atomic mass is 35.5. The maximum absolute atomic E-state index is 12.3. The normalized spacial score (nSPS) is 11.8. The van der Waals surface area contributed by atoms with Crippen LogP contribution in [0.2, 0.25) is 10.0 Å². The van der Waals surface area contributed by atoms with Crippen LogP contribution >= 0.6 is 23.2 Å². The highest BCUT2D eigenvalue weighted by Crippen LogP contribution is 2.29. The van der Waals surface area contributed by atoms with E-state index in [4.69, 9.17) is 27.6 Å². The fraction of sp³-hybridized carbons (Fsp3) is 0.231. The van der Waals surface area contributed by atoms with E-state index in [0.29, 0.717) is 11.5 Å². The van der Waals surface area contributed by atoms with Crippen molar-refractivity contribution >= 4 is 33.2 Å². The molecule has 1 aromatic carbocycles. The van der Waals surface area contributed by atoms with Crippen LogP contribution < -0.4 is 4.72 Å². The molecule has 21 heavy (non-hydrogen) atoms. The first kappa shape index (κ1) is 16.3. The number of sulfonamides is 1. The molecular formula is C13H13Cl2NO4S. The highest BCUT2D eigenvalue weighted by molar-refractivity contribution is 7.89. The summed E-state index contributed by atoms with van der Waals surface area (Å²) in [7, 11) is -3.87. The van der Waals surface area contributed by atoms with Crippen molar-refractivity contribution in [1.82, 2.24) is 4.72 Å². The first-order valence-corrected chi connectivity index (χ1v) is 8.21. The molecule has 2 N–H and O–H groups in total. The van der Waals surface area contributed by atoms with E-state index in [-0.39, 0.29) is 27.0 Å². The van der Waals surface area contributed by atoms with Gasteiger partial charge in [-0.05, 0) is 36.8 Å². The molecule has 0 saturated heterocycles. The van der Waals surface area contributed by atoms with Gasteiger partial charge in [0.15, 0.2) is 0 Å². The van der Waals surface area contributed by atoms with E-state index in [0.717, 1.165) is 0 Å². The van der Waals surface area contributed by atoms with E-state index in [1.165, 1.54) is 12.1 Å². The van der Waals surface area contributed by atoms with Crippen LogP contribution in [-0.4, -0.2) is 13.5 Å². The van der Waals surface area contributed by atoms with Gasteiger partial charge < -0.3 is 9.52 Å². The topological polar surface area (TPSA) is 79.5 Å². The molecule has 0 aliphatic carbocycles. The van der Waals surface area contributed by atoms with Crippen LogP contribution in [0.1, 0.15) is 17.1 Å². The lowest BCUT2D eigenvalue weighted by atomic mass is 10.2. The second-order valence-corrected chi connectivity index (χ2v) is 6.92. The highest BCUT2D eigenvalue weighted by Gasteiger charge is 2.21. The van der Waals surface area contributed by atoms with Crippen LogP contribution in [0.25, 0.3) is 0 Å². The average Bonchev–Trinajstić information content (AvgIpc) is 2.84. The van der Waals surface area contributed by atoms with Gasteiger partial charge in [0, 0.05) is 5.02 Å². The summed E-state index contributed by atoms with van der Waals surface area (Å²) in [5.41, 5.74) is 0.249. The van der Waals surface area contributed by atoms with E-state index in [2.05, 4.69) is 4.72 Å². The number of furan rings is 1. The molecule has 8 heteroatoms. The van der Waals surface area contributed by atoms with Gasteiger partial charge in [0.1, 0.15) is 16.4 Å². The number of hydrogen-bond acceptors (Lipinski definition) is 4. The second-order valence-electron chi connectivity index (χ2n) is 4.37. The van der Waals surface area contributed by atoms with Gasteiger partial charge in [0.05, 0.1) is 18.2 Å². The Bertz CT molecular complexity index is 756. The smallest absolute Gasteiger partial charge is 0.242 e. The van der Waals surface area contributed by atoms with Crippen molar-refractivity contribution in [2.24, 2.45) is 0 Å². The zero-order valence-corrected chi connectivity index (χ0v) is 13.4. The second kappa shape index (κ2) is 6.37. The summed E-state index contributed by atoms with van der Waals surface area (Å²) >= 11 is 11.8. The van der Waals surface area contributed by atoms with Crippen molar-refractivity contribution < 1.29 is 17.9 Å². The van der Waals surface area contributed by atoms with Crippen LogP contribution in [0.15, 0.2) is 33.6 Å². The maximum atomic E-state index is 12.3. The molecule has 114 valence electrons. The quantitative estimate of drug-likeness (QED) is 0.869. The minimum Gasteiger partial charge on any atom is -0.465 e. The summed E-state index contributed by atoms with van der Waals surface area (Å²) in [5.74, 6) is 1.17. The van der Waals surface area contributed by atoms with Gasteiger partial charge >= 0.3 is 0 Å². The lowest BCUT2D eigenvalue weighted by molar-refractivity contribution is 0.281. The van der Waals surface area contributed by atoms with Crippen LogP contribution in [0.4, 0.5) is 0 Å². The molecule has 2 aromatic rings. The van der Waals surface area contributed by atoms with E-state index in [1.54, 1.807) is 19.1 Å². The minimum atomic E-state index is -3.87. The van der Waals surface area contributed by atoms with E-state index in [9.17, 15) is 13.5 Å². The van der Waals surface area contributed by atoms with Crippen molar-refractivity contribution in [3.63, 3.8) is 0 Å². The van der Waals surface area contributed by atoms with E-state index >= 15 is 0 Å². The van der Waals surface area contributed by atoms with Crippen molar-refractivity contribution in [2.75, 3.05) is 0 Å². The molecule has 0 spiro atoms. The summed E-state index contributed by atoms with van der Waals surface area (Å²) in [6.45, 7) is 1.35. The summed E-state index contributed by atoms with van der Waals surface area (Å²) in [5, 5.41) is 9.30. The van der Waals surface area contributed by atoms with Gasteiger partial charge in [-0.2, -0.15) is 0 Å². The third-order valence-electron chi connectivity index (χ3n) is 2.77. The van der Waals surface area contributed by atoms with E-state index < -0.39 is 16.6 Å². The van der Waals surface area contributed by atoms with Gasteiger partial charge in [-0.15, -0.1) is 0 Å². The molecule has 5 nitrogen and oxygen atoms in total. The van der Waals surface area contributed by atoms with Crippen LogP contribution in [0, 0.1) is 6.92 Å². The molecule has 0 unspecified atom stereocenters. The predicted molar refractivity (Wildman–Crippen MR) is 79.9 cm³/mol. The van der Waals surface area contributed by atoms with Crippen molar-refractivity contribution in [2.45, 2.75) is 25.0 Å². The van der Waals surface area contributed by atoms with Crippen LogP contribution in [0.5, 0.6) is 0 Å². The Hall–Kier alpha value is -1.05. The number of aliphatic hydroxyl groups excluding tert-OH is 1. The Kier molecular flexibility index (Phi) is 4.95. The lowest BCUT2D eigenvalue weighted by Gasteiger charge is -2.10. The molecule has 1 aromatic heterocycles. The Labute approximate surface area is 132 Å². The minimum absolute atomic E-state index is 0.00647. The number of aliphatic hydroxyl groups is 1. The maximum Gasteiger partial charge on any atom is 0.242 e. The monoisotopic (exact) mass is 349 g/mol. The fourth-order valence-corrected chi connectivity index (χ4v) is 3.67. The summed E-state index contributed by atoms with van der Waals surface area (Å²) in [6, 6.07) is 6.06. The largest absolute Gasteiger partial charge is 0.465 e. The first-order chi connectivity index (χ1) is 9.83. The standard InChI is InChI=1S/C13H13Cl2NO4S/c1-8-2-3-11(20-8)6-16-21(18,19)12-5-10(14)4-9(7-17)13(12)15/h2-5,16-17H,6-7H2,1H3. The zero-order chi connectivity index (χ0) is 15.6. The van der Waals surface area contributed by atoms with Gasteiger partial charge in [0.25, 0.3) is 0 Å². The average molecular weight is 350 g/mol. The number of halogens is 2. The summed E-state index contributed by atoms with van der Waals surface area (Å²) in [6.07, 6.45) is 0. The molecule has 0 aliphatic rings. The number of aryl methyl sites for hydroxylation is 1. The Morgan fingerprint density at radius 3 is 2.57 bits per heavy atom. The SMILES string of the molecule is Cc1ccc(CNS(=O)(=O)c2cc(Cl)cc(CO)c2Cl)o1. The number of nitrogens with one attached hydrogen (secondary N) is 1. The molecule has 1 heterocycles. The number of benzene rings is 1. The first-order valence-electron chi connectivity index (χ1n) is 5.97. The van der Waals surface area contributed by atoms with Crippen molar-refractivity contribution in [3.05, 3.63) is 51.4 Å². The fourth-order valence-electron chi connectivity index (χ4n) is 1.75. The molecule has 0 bridgehead atoms. The third-order valence-corrected chi connectivity index (χ3v) is 4.97. The molecular weight excluding hydrogens is 337 g/mol. The molecule has 0 saturated carbocycles. The molecule has 0 fully saturated rings. The Balaban J connectivity index is 2.29. The number of rotatable bonds is 5. The van der Waals surface area contributed by atoms with Crippen molar-refractivity contribution in [1.29, 1.82) is 0 Å². The van der Waals surface area contributed by atoms with E-state index in [1.807, 2.05) is 0 Å². The van der Waals surface area contributed by atoms with Crippen LogP contribution in [-0.2, 0) is 23.2 Å². The predicted octanol–water partition coefficient (Wildman–Crippen LogP) is 2.87. The van der Waals surface area contributed by atoms with Gasteiger partial charge in [-0.25, -0.2) is 13.1 Å². The van der Waals surface area contributed by atoms with Gasteiger partial charge in [-0.3, -0.25) is 0 Å². The van der Waals surface area contributed by atoms with Gasteiger partial charge in [0.2, 0.25) is 10.0 Å². The zero-order valence-electron chi connectivity index (χ0n) is 11.1. The Morgan fingerprint density at radius 1 is 1.29 bits per heavy atom.